The summed E-state index contributed by atoms with van der Waals surface area (Å²) in [6.45, 7) is -0.133. The average Bonchev–Trinajstić information content (AvgIpc) is 3.05. The number of imide groups is 1. The summed E-state index contributed by atoms with van der Waals surface area (Å²) in [5, 5.41) is 2.88. The number of urea groups is 1. The molecule has 0 bridgehead atoms. The SMILES string of the molecule is COC(=O)c1ccc(CN2C(=O)NC(Cc3ccccc3)(c3ccccc3)C2=O)cc1F. The van der Waals surface area contributed by atoms with Crippen LogP contribution in [-0.4, -0.2) is 29.9 Å². The van der Waals surface area contributed by atoms with Crippen molar-refractivity contribution in [1.82, 2.24) is 10.2 Å². The third kappa shape index (κ3) is 3.85. The molecule has 162 valence electrons. The number of ether oxygens (including phenoxy) is 1. The monoisotopic (exact) mass is 432 g/mol. The first-order chi connectivity index (χ1) is 15.4. The second kappa shape index (κ2) is 8.63. The zero-order valence-electron chi connectivity index (χ0n) is 17.4. The maximum atomic E-state index is 14.4. The van der Waals surface area contributed by atoms with Gasteiger partial charge in [-0.05, 0) is 28.8 Å². The number of halogens is 1. The van der Waals surface area contributed by atoms with E-state index in [1.807, 2.05) is 48.5 Å². The molecule has 0 aliphatic carbocycles. The molecule has 1 aliphatic rings. The number of hydrogen-bond donors (Lipinski definition) is 1. The van der Waals surface area contributed by atoms with Crippen molar-refractivity contribution in [2.75, 3.05) is 7.11 Å². The molecular weight excluding hydrogens is 411 g/mol. The number of carbonyl (C=O) groups is 3. The molecule has 4 rings (SSSR count). The highest BCUT2D eigenvalue weighted by Gasteiger charge is 2.52. The lowest BCUT2D eigenvalue weighted by Crippen LogP contribution is -2.46. The fourth-order valence-corrected chi connectivity index (χ4v) is 3.93. The second-order valence-electron chi connectivity index (χ2n) is 7.56. The summed E-state index contributed by atoms with van der Waals surface area (Å²) in [6, 6.07) is 21.8. The van der Waals surface area contributed by atoms with Gasteiger partial charge < -0.3 is 10.1 Å². The molecule has 1 unspecified atom stereocenters. The summed E-state index contributed by atoms with van der Waals surface area (Å²) in [6.07, 6.45) is 0.272. The standard InChI is InChI=1S/C25H21FN2O4/c1-32-22(29)20-13-12-18(14-21(20)26)16-28-23(30)25(27-24(28)31,19-10-6-3-7-11-19)15-17-8-4-2-5-9-17/h2-14H,15-16H2,1H3,(H,27,31). The number of esters is 1. The van der Waals surface area contributed by atoms with Crippen molar-refractivity contribution >= 4 is 17.9 Å². The Hall–Kier alpha value is -4.00. The second-order valence-corrected chi connectivity index (χ2v) is 7.56. The topological polar surface area (TPSA) is 75.7 Å². The summed E-state index contributed by atoms with van der Waals surface area (Å²) < 4.78 is 18.9. The third-order valence-corrected chi connectivity index (χ3v) is 5.53. The number of methoxy groups -OCH3 is 1. The van der Waals surface area contributed by atoms with E-state index in [1.54, 1.807) is 12.1 Å². The van der Waals surface area contributed by atoms with E-state index in [2.05, 4.69) is 10.1 Å². The molecule has 1 N–H and O–H groups in total. The van der Waals surface area contributed by atoms with Gasteiger partial charge in [0, 0.05) is 6.42 Å². The Morgan fingerprint density at radius 1 is 0.969 bits per heavy atom. The Kier molecular flexibility index (Phi) is 5.73. The molecule has 1 heterocycles. The summed E-state index contributed by atoms with van der Waals surface area (Å²) in [5.41, 5.74) is 0.445. The Morgan fingerprint density at radius 2 is 1.62 bits per heavy atom. The molecule has 7 heteroatoms. The van der Waals surface area contributed by atoms with Crippen molar-refractivity contribution in [2.45, 2.75) is 18.5 Å². The zero-order chi connectivity index (χ0) is 22.7. The normalized spacial score (nSPS) is 17.9. The van der Waals surface area contributed by atoms with Gasteiger partial charge in [-0.15, -0.1) is 0 Å². The van der Waals surface area contributed by atoms with Gasteiger partial charge in [-0.25, -0.2) is 14.0 Å². The van der Waals surface area contributed by atoms with Gasteiger partial charge in [0.05, 0.1) is 19.2 Å². The van der Waals surface area contributed by atoms with E-state index in [4.69, 9.17) is 0 Å². The van der Waals surface area contributed by atoms with Crippen LogP contribution in [0.2, 0.25) is 0 Å². The fraction of sp³-hybridized carbons (Fsp3) is 0.160. The lowest BCUT2D eigenvalue weighted by Gasteiger charge is -2.27. The summed E-state index contributed by atoms with van der Waals surface area (Å²) in [7, 11) is 1.17. The predicted molar refractivity (Wildman–Crippen MR) is 115 cm³/mol. The van der Waals surface area contributed by atoms with Crippen molar-refractivity contribution in [3.8, 4) is 0 Å². The highest BCUT2D eigenvalue weighted by Crippen LogP contribution is 2.33. The van der Waals surface area contributed by atoms with E-state index in [0.717, 1.165) is 16.5 Å². The molecule has 0 saturated carbocycles. The van der Waals surface area contributed by atoms with Crippen LogP contribution in [0.5, 0.6) is 0 Å². The van der Waals surface area contributed by atoms with Crippen LogP contribution in [0, 0.1) is 5.82 Å². The van der Waals surface area contributed by atoms with Crippen LogP contribution >= 0.6 is 0 Å². The quantitative estimate of drug-likeness (QED) is 0.475. The molecular formula is C25H21FN2O4. The first kappa shape index (κ1) is 21.2. The van der Waals surface area contributed by atoms with E-state index >= 15 is 0 Å². The average molecular weight is 432 g/mol. The zero-order valence-corrected chi connectivity index (χ0v) is 17.4. The molecule has 3 aromatic rings. The van der Waals surface area contributed by atoms with Gasteiger partial charge in [0.25, 0.3) is 5.91 Å². The first-order valence-electron chi connectivity index (χ1n) is 10.0. The van der Waals surface area contributed by atoms with Crippen molar-refractivity contribution in [3.05, 3.63) is 107 Å². The first-order valence-corrected chi connectivity index (χ1v) is 10.0. The van der Waals surface area contributed by atoms with E-state index in [-0.39, 0.29) is 18.5 Å². The maximum Gasteiger partial charge on any atom is 0.340 e. The summed E-state index contributed by atoms with van der Waals surface area (Å²) >= 11 is 0. The number of hydrogen-bond acceptors (Lipinski definition) is 4. The van der Waals surface area contributed by atoms with Gasteiger partial charge >= 0.3 is 12.0 Å². The van der Waals surface area contributed by atoms with Crippen LogP contribution in [-0.2, 0) is 28.0 Å². The van der Waals surface area contributed by atoms with Gasteiger partial charge in [0.15, 0.2) is 5.54 Å². The van der Waals surface area contributed by atoms with Crippen LogP contribution in [0.1, 0.15) is 27.0 Å². The van der Waals surface area contributed by atoms with Crippen LogP contribution < -0.4 is 5.32 Å². The molecule has 32 heavy (non-hydrogen) atoms. The lowest BCUT2D eigenvalue weighted by molar-refractivity contribution is -0.132. The van der Waals surface area contributed by atoms with E-state index in [1.165, 1.54) is 19.2 Å². The van der Waals surface area contributed by atoms with Crippen LogP contribution in [0.4, 0.5) is 9.18 Å². The molecule has 6 nitrogen and oxygen atoms in total. The van der Waals surface area contributed by atoms with E-state index < -0.39 is 29.3 Å². The van der Waals surface area contributed by atoms with Crippen molar-refractivity contribution in [3.63, 3.8) is 0 Å². The van der Waals surface area contributed by atoms with Crippen molar-refractivity contribution in [1.29, 1.82) is 0 Å². The van der Waals surface area contributed by atoms with Gasteiger partial charge in [-0.1, -0.05) is 66.7 Å². The van der Waals surface area contributed by atoms with Gasteiger partial charge in [-0.3, -0.25) is 9.69 Å². The predicted octanol–water partition coefficient (Wildman–Crippen LogP) is 3.80. The highest BCUT2D eigenvalue weighted by atomic mass is 19.1. The fourth-order valence-electron chi connectivity index (χ4n) is 3.93. The van der Waals surface area contributed by atoms with Crippen LogP contribution in [0.15, 0.2) is 78.9 Å². The minimum Gasteiger partial charge on any atom is -0.465 e. The molecule has 0 aromatic heterocycles. The molecule has 1 fully saturated rings. The van der Waals surface area contributed by atoms with Gasteiger partial charge in [0.2, 0.25) is 0 Å². The molecule has 3 amide bonds. The van der Waals surface area contributed by atoms with Gasteiger partial charge in [0.1, 0.15) is 5.82 Å². The maximum absolute atomic E-state index is 14.4. The molecule has 1 aliphatic heterocycles. The van der Waals surface area contributed by atoms with E-state index in [9.17, 15) is 18.8 Å². The van der Waals surface area contributed by atoms with Crippen molar-refractivity contribution < 1.29 is 23.5 Å². The van der Waals surface area contributed by atoms with Crippen LogP contribution in [0.3, 0.4) is 0 Å². The molecule has 3 aromatic carbocycles. The van der Waals surface area contributed by atoms with E-state index in [0.29, 0.717) is 11.1 Å². The number of rotatable bonds is 6. The van der Waals surface area contributed by atoms with Crippen molar-refractivity contribution in [2.24, 2.45) is 0 Å². The Balaban J connectivity index is 1.67. The highest BCUT2D eigenvalue weighted by molar-refractivity contribution is 6.07. The number of carbonyl (C=O) groups excluding carboxylic acids is 3. The number of amides is 3. The number of nitrogens with zero attached hydrogens (tertiary/aromatic N) is 1. The minimum absolute atomic E-state index is 0.133. The lowest BCUT2D eigenvalue weighted by atomic mass is 9.83. The molecule has 0 radical (unpaired) electrons. The molecule has 1 saturated heterocycles. The number of benzene rings is 3. The summed E-state index contributed by atoms with van der Waals surface area (Å²) in [5.74, 6) is -2.00. The molecule has 1 atom stereocenters. The number of nitrogens with one attached hydrogen (secondary N) is 1. The minimum atomic E-state index is -1.27. The molecule has 0 spiro atoms. The van der Waals surface area contributed by atoms with Crippen LogP contribution in [0.25, 0.3) is 0 Å². The third-order valence-electron chi connectivity index (χ3n) is 5.53. The smallest absolute Gasteiger partial charge is 0.340 e. The Bertz CT molecular complexity index is 1170. The summed E-state index contributed by atoms with van der Waals surface area (Å²) in [4.78, 5) is 39.2. The Morgan fingerprint density at radius 3 is 2.25 bits per heavy atom. The largest absolute Gasteiger partial charge is 0.465 e. The van der Waals surface area contributed by atoms with Gasteiger partial charge in [-0.2, -0.15) is 0 Å². The Labute approximate surface area is 184 Å².